The minimum absolute atomic E-state index is 0.0494. The SMILES string of the molecule is CC(C)c1ccc(-n2c(SCC(=O)Nc3ccc(Cl)cc3Cl)nc3ccccc3c2=O)cc1. The summed E-state index contributed by atoms with van der Waals surface area (Å²) in [6.45, 7) is 4.23. The zero-order valence-electron chi connectivity index (χ0n) is 18.0. The van der Waals surface area contributed by atoms with Crippen molar-refractivity contribution in [1.82, 2.24) is 9.55 Å². The van der Waals surface area contributed by atoms with Gasteiger partial charge in [-0.3, -0.25) is 14.2 Å². The first-order valence-corrected chi connectivity index (χ1v) is 12.1. The predicted molar refractivity (Wildman–Crippen MR) is 137 cm³/mol. The lowest BCUT2D eigenvalue weighted by atomic mass is 10.0. The van der Waals surface area contributed by atoms with E-state index in [4.69, 9.17) is 23.2 Å². The molecule has 1 N–H and O–H groups in total. The van der Waals surface area contributed by atoms with E-state index in [9.17, 15) is 9.59 Å². The number of rotatable bonds is 6. The molecule has 3 aromatic carbocycles. The van der Waals surface area contributed by atoms with Gasteiger partial charge in [-0.1, -0.05) is 73.1 Å². The van der Waals surface area contributed by atoms with Crippen molar-refractivity contribution in [3.63, 3.8) is 0 Å². The zero-order chi connectivity index (χ0) is 23.5. The quantitative estimate of drug-likeness (QED) is 0.242. The number of hydrogen-bond donors (Lipinski definition) is 1. The topological polar surface area (TPSA) is 64.0 Å². The van der Waals surface area contributed by atoms with Crippen LogP contribution in [-0.2, 0) is 4.79 Å². The maximum absolute atomic E-state index is 13.4. The molecular formula is C25H21Cl2N3O2S. The summed E-state index contributed by atoms with van der Waals surface area (Å²) < 4.78 is 1.56. The second-order valence-corrected chi connectivity index (χ2v) is 9.55. The first-order chi connectivity index (χ1) is 15.8. The Morgan fingerprint density at radius 2 is 1.79 bits per heavy atom. The molecule has 1 heterocycles. The lowest BCUT2D eigenvalue weighted by Crippen LogP contribution is -2.23. The van der Waals surface area contributed by atoms with Crippen LogP contribution in [-0.4, -0.2) is 21.2 Å². The summed E-state index contributed by atoms with van der Waals surface area (Å²) in [7, 11) is 0. The van der Waals surface area contributed by atoms with E-state index in [-0.39, 0.29) is 17.2 Å². The molecule has 5 nitrogen and oxygen atoms in total. The van der Waals surface area contributed by atoms with E-state index in [1.54, 1.807) is 34.9 Å². The zero-order valence-corrected chi connectivity index (χ0v) is 20.3. The van der Waals surface area contributed by atoms with Crippen molar-refractivity contribution in [3.05, 3.63) is 92.7 Å². The largest absolute Gasteiger partial charge is 0.324 e. The van der Waals surface area contributed by atoms with Crippen molar-refractivity contribution in [1.29, 1.82) is 0 Å². The van der Waals surface area contributed by atoms with Crippen molar-refractivity contribution in [2.45, 2.75) is 24.9 Å². The van der Waals surface area contributed by atoms with Crippen molar-refractivity contribution >= 4 is 57.5 Å². The van der Waals surface area contributed by atoms with E-state index in [1.807, 2.05) is 36.4 Å². The highest BCUT2D eigenvalue weighted by atomic mass is 35.5. The number of nitrogens with zero attached hydrogens (tertiary/aromatic N) is 2. The number of anilines is 1. The maximum Gasteiger partial charge on any atom is 0.266 e. The van der Waals surface area contributed by atoms with Gasteiger partial charge in [-0.05, 0) is 53.9 Å². The summed E-state index contributed by atoms with van der Waals surface area (Å²) in [5.41, 5.74) is 2.75. The molecule has 0 radical (unpaired) electrons. The Kier molecular flexibility index (Phi) is 7.08. The van der Waals surface area contributed by atoms with Crippen LogP contribution in [0.5, 0.6) is 0 Å². The van der Waals surface area contributed by atoms with Gasteiger partial charge < -0.3 is 5.32 Å². The van der Waals surface area contributed by atoms with Crippen molar-refractivity contribution in [3.8, 4) is 5.69 Å². The molecule has 0 atom stereocenters. The van der Waals surface area contributed by atoms with Crippen molar-refractivity contribution < 1.29 is 4.79 Å². The fourth-order valence-corrected chi connectivity index (χ4v) is 4.62. The van der Waals surface area contributed by atoms with Crippen LogP contribution in [0.1, 0.15) is 25.3 Å². The molecule has 0 unspecified atom stereocenters. The summed E-state index contributed by atoms with van der Waals surface area (Å²) in [4.78, 5) is 30.6. The summed E-state index contributed by atoms with van der Waals surface area (Å²) in [6.07, 6.45) is 0. The Balaban J connectivity index is 1.66. The number of benzene rings is 3. The Labute approximate surface area is 205 Å². The van der Waals surface area contributed by atoms with E-state index in [2.05, 4.69) is 24.1 Å². The number of nitrogens with one attached hydrogen (secondary N) is 1. The van der Waals surface area contributed by atoms with Crippen LogP contribution in [0.15, 0.2) is 76.7 Å². The van der Waals surface area contributed by atoms with Crippen molar-refractivity contribution in [2.75, 3.05) is 11.1 Å². The molecule has 4 rings (SSSR count). The standard InChI is InChI=1S/C25H21Cl2N3O2S/c1-15(2)16-7-10-18(11-8-16)30-24(32)19-5-3-4-6-21(19)29-25(30)33-14-23(31)28-22-12-9-17(26)13-20(22)27/h3-13,15H,14H2,1-2H3,(H,28,31). The highest BCUT2D eigenvalue weighted by Crippen LogP contribution is 2.27. The minimum atomic E-state index is -0.270. The van der Waals surface area contributed by atoms with E-state index >= 15 is 0 Å². The van der Waals surface area contributed by atoms with Crippen LogP contribution in [0, 0.1) is 0 Å². The van der Waals surface area contributed by atoms with Crippen LogP contribution in [0.25, 0.3) is 16.6 Å². The van der Waals surface area contributed by atoms with Crippen LogP contribution in [0.2, 0.25) is 10.0 Å². The lowest BCUT2D eigenvalue weighted by Gasteiger charge is -2.14. The van der Waals surface area contributed by atoms with Gasteiger partial charge in [0.2, 0.25) is 5.91 Å². The second kappa shape index (κ2) is 10.00. The molecule has 168 valence electrons. The van der Waals surface area contributed by atoms with Gasteiger partial charge in [0.15, 0.2) is 5.16 Å². The third-order valence-electron chi connectivity index (χ3n) is 5.10. The number of fused-ring (bicyclic) bond motifs is 1. The van der Waals surface area contributed by atoms with E-state index in [0.717, 1.165) is 0 Å². The highest BCUT2D eigenvalue weighted by molar-refractivity contribution is 7.99. The normalized spacial score (nSPS) is 11.2. The van der Waals surface area contributed by atoms with E-state index in [1.165, 1.54) is 17.3 Å². The smallest absolute Gasteiger partial charge is 0.266 e. The average molecular weight is 498 g/mol. The van der Waals surface area contributed by atoms with Crippen LogP contribution in [0.3, 0.4) is 0 Å². The van der Waals surface area contributed by atoms with Gasteiger partial charge in [0, 0.05) is 5.02 Å². The number of halogens is 2. The monoisotopic (exact) mass is 497 g/mol. The summed E-state index contributed by atoms with van der Waals surface area (Å²) in [5, 5.41) is 4.57. The van der Waals surface area contributed by atoms with Gasteiger partial charge in [0.05, 0.1) is 33.1 Å². The van der Waals surface area contributed by atoms with Crippen LogP contribution in [0.4, 0.5) is 5.69 Å². The molecule has 4 aromatic rings. The number of thioether (sulfide) groups is 1. The molecule has 8 heteroatoms. The van der Waals surface area contributed by atoms with Gasteiger partial charge in [0.25, 0.3) is 5.56 Å². The number of carbonyl (C=O) groups is 1. The third-order valence-corrected chi connectivity index (χ3v) is 6.59. The molecule has 0 saturated heterocycles. The molecule has 0 aliphatic rings. The number of carbonyl (C=O) groups excluding carboxylic acids is 1. The first-order valence-electron chi connectivity index (χ1n) is 10.3. The Morgan fingerprint density at radius 1 is 1.06 bits per heavy atom. The summed E-state index contributed by atoms with van der Waals surface area (Å²) >= 11 is 13.3. The predicted octanol–water partition coefficient (Wildman–Crippen LogP) is 6.55. The van der Waals surface area contributed by atoms with Crippen LogP contribution >= 0.6 is 35.0 Å². The third kappa shape index (κ3) is 5.24. The summed E-state index contributed by atoms with van der Waals surface area (Å²) in [6, 6.07) is 19.9. The molecular weight excluding hydrogens is 477 g/mol. The van der Waals surface area contributed by atoms with Gasteiger partial charge in [-0.25, -0.2) is 4.98 Å². The van der Waals surface area contributed by atoms with Gasteiger partial charge in [-0.2, -0.15) is 0 Å². The Hall–Kier alpha value is -2.80. The molecule has 0 aliphatic carbocycles. The molecule has 1 aromatic heterocycles. The Morgan fingerprint density at radius 3 is 2.48 bits per heavy atom. The molecule has 33 heavy (non-hydrogen) atoms. The Bertz CT molecular complexity index is 1390. The molecule has 0 saturated carbocycles. The number of aromatic nitrogens is 2. The number of para-hydroxylation sites is 1. The van der Waals surface area contributed by atoms with E-state index < -0.39 is 0 Å². The lowest BCUT2D eigenvalue weighted by molar-refractivity contribution is -0.113. The molecule has 0 bridgehead atoms. The molecule has 0 aliphatic heterocycles. The summed E-state index contributed by atoms with van der Waals surface area (Å²) in [5.74, 6) is 0.157. The fraction of sp³-hybridized carbons (Fsp3) is 0.160. The fourth-order valence-electron chi connectivity index (χ4n) is 3.35. The van der Waals surface area contributed by atoms with Crippen molar-refractivity contribution in [2.24, 2.45) is 0 Å². The van der Waals surface area contributed by atoms with Gasteiger partial charge in [-0.15, -0.1) is 0 Å². The number of hydrogen-bond acceptors (Lipinski definition) is 4. The molecule has 1 amide bonds. The maximum atomic E-state index is 13.4. The van der Waals surface area contributed by atoms with Crippen LogP contribution < -0.4 is 10.9 Å². The molecule has 0 spiro atoms. The molecule has 0 fully saturated rings. The average Bonchev–Trinajstić information content (AvgIpc) is 2.80. The van der Waals surface area contributed by atoms with E-state index in [0.29, 0.717) is 43.4 Å². The number of amides is 1. The first kappa shape index (κ1) is 23.4. The highest BCUT2D eigenvalue weighted by Gasteiger charge is 2.16. The van der Waals surface area contributed by atoms with Gasteiger partial charge in [0.1, 0.15) is 0 Å². The minimum Gasteiger partial charge on any atom is -0.324 e. The second-order valence-electron chi connectivity index (χ2n) is 7.76. The van der Waals surface area contributed by atoms with Gasteiger partial charge >= 0.3 is 0 Å².